The second-order valence-electron chi connectivity index (χ2n) is 7.58. The number of carbonyl (C=O) groups is 1. The van der Waals surface area contributed by atoms with Crippen LogP contribution in [-0.4, -0.2) is 24.4 Å². The number of ether oxygens (including phenoxy) is 1. The Hall–Kier alpha value is -3.47. The van der Waals surface area contributed by atoms with Crippen LogP contribution < -0.4 is 4.74 Å². The highest BCUT2D eigenvalue weighted by Crippen LogP contribution is 2.41. The van der Waals surface area contributed by atoms with E-state index in [1.165, 1.54) is 0 Å². The Morgan fingerprint density at radius 1 is 0.903 bits per heavy atom. The molecule has 31 heavy (non-hydrogen) atoms. The molecule has 0 aromatic heterocycles. The fourth-order valence-electron chi connectivity index (χ4n) is 4.30. The van der Waals surface area contributed by atoms with Gasteiger partial charge in [0, 0.05) is 16.4 Å². The van der Waals surface area contributed by atoms with Crippen LogP contribution in [-0.2, 0) is 0 Å². The average Bonchev–Trinajstić information content (AvgIpc) is 2.82. The van der Waals surface area contributed by atoms with Gasteiger partial charge in [-0.15, -0.1) is 0 Å². The van der Waals surface area contributed by atoms with Crippen LogP contribution in [0.4, 0.5) is 0 Å². The van der Waals surface area contributed by atoms with Crippen molar-refractivity contribution in [2.45, 2.75) is 25.2 Å². The first-order valence-corrected chi connectivity index (χ1v) is 10.4. The molecule has 0 N–H and O–H groups in total. The summed E-state index contributed by atoms with van der Waals surface area (Å²) in [5.41, 5.74) is 2.31. The molecule has 0 aliphatic rings. The molecule has 0 aliphatic heterocycles. The summed E-state index contributed by atoms with van der Waals surface area (Å²) in [7, 11) is 1.56. The predicted molar refractivity (Wildman–Crippen MR) is 121 cm³/mol. The SMILES string of the molecule is CC[C@@H](c1ccccc1)[C@@H](C(=O)c1ccccc1)[C@H](C[N+](=O)[O-])c1cccc(OC)c1. The summed E-state index contributed by atoms with van der Waals surface area (Å²) in [5, 5.41) is 11.7. The maximum Gasteiger partial charge on any atom is 0.211 e. The van der Waals surface area contributed by atoms with Crippen molar-refractivity contribution in [3.8, 4) is 5.75 Å². The topological polar surface area (TPSA) is 69.4 Å². The Morgan fingerprint density at radius 2 is 1.52 bits per heavy atom. The van der Waals surface area contributed by atoms with E-state index in [1.807, 2.05) is 67.6 Å². The smallest absolute Gasteiger partial charge is 0.211 e. The van der Waals surface area contributed by atoms with Crippen molar-refractivity contribution in [3.05, 3.63) is 112 Å². The number of nitrogens with zero attached hydrogens (tertiary/aromatic N) is 1. The lowest BCUT2D eigenvalue weighted by atomic mass is 9.70. The Morgan fingerprint density at radius 3 is 2.10 bits per heavy atom. The molecule has 0 radical (unpaired) electrons. The van der Waals surface area contributed by atoms with Crippen LogP contribution in [0, 0.1) is 16.0 Å². The minimum atomic E-state index is -0.594. The zero-order valence-corrected chi connectivity index (χ0v) is 17.8. The largest absolute Gasteiger partial charge is 0.497 e. The van der Waals surface area contributed by atoms with E-state index in [0.717, 1.165) is 11.1 Å². The summed E-state index contributed by atoms with van der Waals surface area (Å²) in [6, 6.07) is 26.1. The van der Waals surface area contributed by atoms with Crippen molar-refractivity contribution in [2.24, 2.45) is 5.92 Å². The number of hydrogen-bond acceptors (Lipinski definition) is 4. The maximum atomic E-state index is 13.8. The fraction of sp³-hybridized carbons (Fsp3) is 0.269. The minimum Gasteiger partial charge on any atom is -0.497 e. The number of Topliss-reactive ketones (excluding diaryl/α,β-unsaturated/α-hetero) is 1. The number of carbonyl (C=O) groups excluding carboxylic acids is 1. The van der Waals surface area contributed by atoms with E-state index in [2.05, 4.69) is 0 Å². The normalized spacial score (nSPS) is 13.7. The van der Waals surface area contributed by atoms with Crippen LogP contribution in [0.2, 0.25) is 0 Å². The fourth-order valence-corrected chi connectivity index (χ4v) is 4.30. The summed E-state index contributed by atoms with van der Waals surface area (Å²) >= 11 is 0. The minimum absolute atomic E-state index is 0.0778. The van der Waals surface area contributed by atoms with Crippen molar-refractivity contribution >= 4 is 5.78 Å². The molecule has 0 amide bonds. The Kier molecular flexibility index (Phi) is 7.55. The molecule has 0 saturated carbocycles. The Balaban J connectivity index is 2.17. The van der Waals surface area contributed by atoms with E-state index in [1.54, 1.807) is 31.4 Å². The van der Waals surface area contributed by atoms with Crippen LogP contribution in [0.15, 0.2) is 84.9 Å². The molecule has 5 heteroatoms. The molecule has 3 aromatic rings. The van der Waals surface area contributed by atoms with Gasteiger partial charge in [0.05, 0.1) is 13.0 Å². The van der Waals surface area contributed by atoms with E-state index >= 15 is 0 Å². The molecule has 0 bridgehead atoms. The van der Waals surface area contributed by atoms with Gasteiger partial charge in [-0.25, -0.2) is 0 Å². The molecule has 3 rings (SSSR count). The zero-order chi connectivity index (χ0) is 22.2. The highest BCUT2D eigenvalue weighted by molar-refractivity contribution is 5.99. The third kappa shape index (κ3) is 5.37. The Bertz CT molecular complexity index is 1000. The molecule has 0 heterocycles. The van der Waals surface area contributed by atoms with Gasteiger partial charge in [0.2, 0.25) is 6.54 Å². The molecule has 160 valence electrons. The molecule has 0 aliphatic carbocycles. The monoisotopic (exact) mass is 417 g/mol. The van der Waals surface area contributed by atoms with Crippen LogP contribution >= 0.6 is 0 Å². The second-order valence-corrected chi connectivity index (χ2v) is 7.58. The van der Waals surface area contributed by atoms with Crippen molar-refractivity contribution < 1.29 is 14.5 Å². The molecule has 0 unspecified atom stereocenters. The maximum absolute atomic E-state index is 13.8. The number of ketones is 1. The lowest BCUT2D eigenvalue weighted by Gasteiger charge is -2.31. The van der Waals surface area contributed by atoms with Gasteiger partial charge in [0.25, 0.3) is 0 Å². The standard InChI is InChI=1S/C26H27NO4/c1-3-23(19-11-6-4-7-12-19)25(26(28)20-13-8-5-9-14-20)24(18-27(29)30)21-15-10-16-22(17-21)31-2/h4-17,23-25H,3,18H2,1-2H3/t23-,24+,25+/m0/s1. The van der Waals surface area contributed by atoms with E-state index in [9.17, 15) is 14.9 Å². The lowest BCUT2D eigenvalue weighted by Crippen LogP contribution is -2.32. The first kappa shape index (κ1) is 22.2. The summed E-state index contributed by atoms with van der Waals surface area (Å²) < 4.78 is 5.35. The summed E-state index contributed by atoms with van der Waals surface area (Å²) in [6.45, 7) is 1.69. The summed E-state index contributed by atoms with van der Waals surface area (Å²) in [4.78, 5) is 25.2. The van der Waals surface area contributed by atoms with Crippen LogP contribution in [0.5, 0.6) is 5.75 Å². The van der Waals surface area contributed by atoms with Gasteiger partial charge in [-0.1, -0.05) is 79.7 Å². The third-order valence-electron chi connectivity index (χ3n) is 5.76. The number of methoxy groups -OCH3 is 1. The average molecular weight is 418 g/mol. The van der Waals surface area contributed by atoms with Crippen molar-refractivity contribution in [3.63, 3.8) is 0 Å². The van der Waals surface area contributed by atoms with E-state index in [4.69, 9.17) is 4.74 Å². The van der Waals surface area contributed by atoms with Gasteiger partial charge >= 0.3 is 0 Å². The predicted octanol–water partition coefficient (Wildman–Crippen LogP) is 5.75. The molecule has 3 aromatic carbocycles. The Labute approximate surface area is 182 Å². The molecule has 0 spiro atoms. The zero-order valence-electron chi connectivity index (χ0n) is 17.8. The highest BCUT2D eigenvalue weighted by atomic mass is 16.6. The summed E-state index contributed by atoms with van der Waals surface area (Å²) in [6.07, 6.45) is 0.686. The van der Waals surface area contributed by atoms with Crippen LogP contribution in [0.1, 0.15) is 46.7 Å². The number of hydrogen-bond donors (Lipinski definition) is 0. The lowest BCUT2D eigenvalue weighted by molar-refractivity contribution is -0.484. The van der Waals surface area contributed by atoms with Gasteiger partial charge in [-0.2, -0.15) is 0 Å². The number of benzene rings is 3. The van der Waals surface area contributed by atoms with Crippen LogP contribution in [0.3, 0.4) is 0 Å². The van der Waals surface area contributed by atoms with E-state index in [-0.39, 0.29) is 23.2 Å². The molecular weight excluding hydrogens is 390 g/mol. The van der Waals surface area contributed by atoms with Gasteiger partial charge in [0.1, 0.15) is 5.75 Å². The van der Waals surface area contributed by atoms with Crippen molar-refractivity contribution in [2.75, 3.05) is 13.7 Å². The van der Waals surface area contributed by atoms with Crippen molar-refractivity contribution in [1.82, 2.24) is 0 Å². The number of nitro groups is 1. The van der Waals surface area contributed by atoms with Crippen LogP contribution in [0.25, 0.3) is 0 Å². The van der Waals surface area contributed by atoms with E-state index < -0.39 is 11.8 Å². The van der Waals surface area contributed by atoms with Gasteiger partial charge in [0.15, 0.2) is 5.78 Å². The highest BCUT2D eigenvalue weighted by Gasteiger charge is 2.39. The first-order chi connectivity index (χ1) is 15.0. The molecule has 3 atom stereocenters. The van der Waals surface area contributed by atoms with Gasteiger partial charge in [-0.3, -0.25) is 14.9 Å². The van der Waals surface area contributed by atoms with Gasteiger partial charge < -0.3 is 4.74 Å². The molecule has 0 saturated heterocycles. The number of rotatable bonds is 10. The second kappa shape index (κ2) is 10.5. The van der Waals surface area contributed by atoms with E-state index in [0.29, 0.717) is 17.7 Å². The molecule has 0 fully saturated rings. The molecule has 5 nitrogen and oxygen atoms in total. The van der Waals surface area contributed by atoms with Gasteiger partial charge in [-0.05, 0) is 35.6 Å². The third-order valence-corrected chi connectivity index (χ3v) is 5.76. The van der Waals surface area contributed by atoms with Crippen molar-refractivity contribution in [1.29, 1.82) is 0 Å². The quantitative estimate of drug-likeness (QED) is 0.239. The molecular formula is C26H27NO4. The first-order valence-electron chi connectivity index (χ1n) is 10.4. The summed E-state index contributed by atoms with van der Waals surface area (Å²) in [5.74, 6) is -0.809.